The quantitative estimate of drug-likeness (QED) is 0.560. The van der Waals surface area contributed by atoms with Gasteiger partial charge in [-0.15, -0.1) is 0 Å². The fourth-order valence-corrected chi connectivity index (χ4v) is 3.66. The highest BCUT2D eigenvalue weighted by Gasteiger charge is 2.52. The second kappa shape index (κ2) is 2.03. The average molecular weight is 168 g/mol. The van der Waals surface area contributed by atoms with Crippen LogP contribution in [0.3, 0.4) is 0 Å². The van der Waals surface area contributed by atoms with Crippen molar-refractivity contribution >= 4 is 0 Å². The molecule has 2 atom stereocenters. The molecule has 12 heavy (non-hydrogen) atoms. The average Bonchev–Trinajstić information content (AvgIpc) is 1.96. The molecule has 4 fully saturated rings. The van der Waals surface area contributed by atoms with E-state index in [1.807, 2.05) is 0 Å². The smallest absolute Gasteiger partial charge is 0.0373 e. The van der Waals surface area contributed by atoms with Crippen LogP contribution in [0, 0.1) is 5.92 Å². The first-order valence-electron chi connectivity index (χ1n) is 4.92. The van der Waals surface area contributed by atoms with E-state index in [4.69, 9.17) is 5.73 Å². The zero-order valence-electron chi connectivity index (χ0n) is 7.24. The summed E-state index contributed by atoms with van der Waals surface area (Å²) in [5.41, 5.74) is 6.32. The van der Waals surface area contributed by atoms with E-state index in [0.717, 1.165) is 18.8 Å². The Morgan fingerprint density at radius 3 is 2.25 bits per heavy atom. The summed E-state index contributed by atoms with van der Waals surface area (Å²) in [5.74, 6) is 0.802. The van der Waals surface area contributed by atoms with E-state index < -0.39 is 0 Å². The second-order valence-corrected chi connectivity index (χ2v) is 5.00. The SMILES string of the molecule is NC12CC3CC(C1)N(O)C(C3)C2. The summed E-state index contributed by atoms with van der Waals surface area (Å²) in [4.78, 5) is 0. The number of nitrogens with two attached hydrogens (primary N) is 1. The summed E-state index contributed by atoms with van der Waals surface area (Å²) < 4.78 is 0. The van der Waals surface area contributed by atoms with Crippen molar-refractivity contribution in [3.63, 3.8) is 0 Å². The van der Waals surface area contributed by atoms with Gasteiger partial charge < -0.3 is 10.9 Å². The summed E-state index contributed by atoms with van der Waals surface area (Å²) in [6, 6.07) is 0.752. The fourth-order valence-electron chi connectivity index (χ4n) is 3.66. The lowest BCUT2D eigenvalue weighted by atomic mass is 9.60. The summed E-state index contributed by atoms with van der Waals surface area (Å²) in [6.45, 7) is 0. The molecule has 2 unspecified atom stereocenters. The number of piperidine rings is 2. The maximum absolute atomic E-state index is 9.72. The van der Waals surface area contributed by atoms with E-state index in [0.29, 0.717) is 12.1 Å². The van der Waals surface area contributed by atoms with Gasteiger partial charge in [0.25, 0.3) is 0 Å². The predicted molar refractivity (Wildman–Crippen MR) is 44.7 cm³/mol. The number of hydrogen-bond donors (Lipinski definition) is 2. The number of rotatable bonds is 0. The van der Waals surface area contributed by atoms with Crippen molar-refractivity contribution in [2.45, 2.75) is 49.7 Å². The Kier molecular flexibility index (Phi) is 1.23. The molecule has 0 spiro atoms. The van der Waals surface area contributed by atoms with Crippen molar-refractivity contribution in [3.8, 4) is 0 Å². The molecule has 0 aromatic carbocycles. The molecule has 2 saturated heterocycles. The third-order valence-corrected chi connectivity index (χ3v) is 3.94. The predicted octanol–water partition coefficient (Wildman–Crippen LogP) is 0.720. The molecular weight excluding hydrogens is 152 g/mol. The molecule has 2 saturated carbocycles. The van der Waals surface area contributed by atoms with E-state index >= 15 is 0 Å². The molecule has 0 aromatic rings. The minimum absolute atomic E-state index is 0.0791. The van der Waals surface area contributed by atoms with E-state index in [9.17, 15) is 5.21 Å². The molecule has 0 amide bonds. The zero-order valence-corrected chi connectivity index (χ0v) is 7.24. The minimum Gasteiger partial charge on any atom is -0.325 e. The molecule has 2 heterocycles. The van der Waals surface area contributed by atoms with Crippen LogP contribution in [0.4, 0.5) is 0 Å². The van der Waals surface area contributed by atoms with Gasteiger partial charge in [-0.05, 0) is 38.0 Å². The largest absolute Gasteiger partial charge is 0.325 e. The van der Waals surface area contributed by atoms with Gasteiger partial charge in [-0.25, -0.2) is 0 Å². The highest BCUT2D eigenvalue weighted by Crippen LogP contribution is 2.49. The highest BCUT2D eigenvalue weighted by atomic mass is 16.5. The Labute approximate surface area is 72.5 Å². The van der Waals surface area contributed by atoms with Gasteiger partial charge in [0, 0.05) is 17.6 Å². The van der Waals surface area contributed by atoms with Crippen molar-refractivity contribution in [1.29, 1.82) is 0 Å². The van der Waals surface area contributed by atoms with Gasteiger partial charge in [0.2, 0.25) is 0 Å². The van der Waals surface area contributed by atoms with Crippen LogP contribution >= 0.6 is 0 Å². The maximum Gasteiger partial charge on any atom is 0.0373 e. The number of hydrogen-bond acceptors (Lipinski definition) is 3. The summed E-state index contributed by atoms with van der Waals surface area (Å²) in [6.07, 6.45) is 5.57. The Balaban J connectivity index is 1.95. The molecular formula is C9H16N2O. The Hall–Kier alpha value is -0.120. The van der Waals surface area contributed by atoms with Gasteiger partial charge in [-0.2, -0.15) is 5.06 Å². The molecule has 0 radical (unpaired) electrons. The Morgan fingerprint density at radius 1 is 1.17 bits per heavy atom. The molecule has 4 aliphatic rings. The van der Waals surface area contributed by atoms with Crippen LogP contribution in [0.1, 0.15) is 32.1 Å². The topological polar surface area (TPSA) is 49.5 Å². The molecule has 3 N–H and O–H groups in total. The maximum atomic E-state index is 9.72. The van der Waals surface area contributed by atoms with Crippen LogP contribution in [-0.4, -0.2) is 27.9 Å². The van der Waals surface area contributed by atoms with Crippen LogP contribution < -0.4 is 5.73 Å². The minimum atomic E-state index is 0.0791. The van der Waals surface area contributed by atoms with Crippen molar-refractivity contribution in [1.82, 2.24) is 5.06 Å². The Morgan fingerprint density at radius 2 is 1.75 bits per heavy atom. The summed E-state index contributed by atoms with van der Waals surface area (Å²) in [7, 11) is 0. The van der Waals surface area contributed by atoms with Crippen molar-refractivity contribution in [2.24, 2.45) is 11.7 Å². The lowest BCUT2D eigenvalue weighted by Crippen LogP contribution is -2.66. The fraction of sp³-hybridized carbons (Fsp3) is 1.00. The molecule has 3 heteroatoms. The molecule has 2 aliphatic heterocycles. The van der Waals surface area contributed by atoms with Gasteiger partial charge in [0.1, 0.15) is 0 Å². The molecule has 2 aliphatic carbocycles. The molecule has 68 valence electrons. The zero-order chi connectivity index (χ0) is 8.34. The normalized spacial score (nSPS) is 58.0. The van der Waals surface area contributed by atoms with Crippen molar-refractivity contribution in [2.75, 3.05) is 0 Å². The van der Waals surface area contributed by atoms with Gasteiger partial charge in [0.15, 0.2) is 0 Å². The lowest BCUT2D eigenvalue weighted by Gasteiger charge is -2.58. The van der Waals surface area contributed by atoms with Crippen molar-refractivity contribution in [3.05, 3.63) is 0 Å². The van der Waals surface area contributed by atoms with E-state index in [1.165, 1.54) is 19.3 Å². The van der Waals surface area contributed by atoms with Crippen LogP contribution in [0.5, 0.6) is 0 Å². The van der Waals surface area contributed by atoms with E-state index in [1.54, 1.807) is 5.06 Å². The molecule has 4 rings (SSSR count). The monoisotopic (exact) mass is 168 g/mol. The first-order valence-corrected chi connectivity index (χ1v) is 4.92. The van der Waals surface area contributed by atoms with E-state index in [2.05, 4.69) is 0 Å². The van der Waals surface area contributed by atoms with Crippen LogP contribution in [0.25, 0.3) is 0 Å². The third kappa shape index (κ3) is 0.817. The van der Waals surface area contributed by atoms with Crippen LogP contribution in [-0.2, 0) is 0 Å². The standard InChI is InChI=1S/C9H16N2O/c10-9-3-6-1-7(4-9)11(12)8(2-6)5-9/h6-8,12H,1-5,10H2. The van der Waals surface area contributed by atoms with Gasteiger partial charge in [0.05, 0.1) is 0 Å². The summed E-state index contributed by atoms with van der Waals surface area (Å²) in [5, 5.41) is 11.3. The van der Waals surface area contributed by atoms with Crippen LogP contribution in [0.2, 0.25) is 0 Å². The summed E-state index contributed by atoms with van der Waals surface area (Å²) >= 11 is 0. The first-order chi connectivity index (χ1) is 5.66. The third-order valence-electron chi connectivity index (χ3n) is 3.94. The van der Waals surface area contributed by atoms with E-state index in [-0.39, 0.29) is 5.54 Å². The number of hydroxylamine groups is 2. The lowest BCUT2D eigenvalue weighted by molar-refractivity contribution is -0.233. The highest BCUT2D eigenvalue weighted by molar-refractivity contribution is 5.08. The Bertz CT molecular complexity index is 203. The van der Waals surface area contributed by atoms with Gasteiger partial charge in [-0.1, -0.05) is 0 Å². The van der Waals surface area contributed by atoms with Gasteiger partial charge in [-0.3, -0.25) is 0 Å². The van der Waals surface area contributed by atoms with Crippen LogP contribution in [0.15, 0.2) is 0 Å². The molecule has 0 aromatic heterocycles. The molecule has 3 nitrogen and oxygen atoms in total. The molecule has 4 bridgehead atoms. The van der Waals surface area contributed by atoms with Crippen molar-refractivity contribution < 1.29 is 5.21 Å². The van der Waals surface area contributed by atoms with Gasteiger partial charge >= 0.3 is 0 Å². The number of nitrogens with zero attached hydrogens (tertiary/aromatic N) is 1. The first kappa shape index (κ1) is 7.30. The second-order valence-electron chi connectivity index (χ2n) is 5.00.